The number of nitrogens with two attached hydrogens (primary N) is 1. The molecule has 0 aromatic carbocycles. The van der Waals surface area contributed by atoms with E-state index in [-0.39, 0.29) is 12.5 Å². The summed E-state index contributed by atoms with van der Waals surface area (Å²) in [4.78, 5) is 14.0. The molecule has 0 bridgehead atoms. The van der Waals surface area contributed by atoms with E-state index in [0.717, 1.165) is 12.0 Å². The molecule has 1 amide bonds. The third-order valence-corrected chi connectivity index (χ3v) is 3.18. The van der Waals surface area contributed by atoms with E-state index in [4.69, 9.17) is 20.3 Å². The van der Waals surface area contributed by atoms with Crippen LogP contribution in [0.25, 0.3) is 0 Å². The molecule has 4 N–H and O–H groups in total. The number of amides is 1. The second-order valence-electron chi connectivity index (χ2n) is 4.36. The van der Waals surface area contributed by atoms with E-state index in [1.807, 2.05) is 6.07 Å². The van der Waals surface area contributed by atoms with Crippen LogP contribution in [-0.4, -0.2) is 43.6 Å². The summed E-state index contributed by atoms with van der Waals surface area (Å²) in [5.41, 5.74) is 6.71. The summed E-state index contributed by atoms with van der Waals surface area (Å²) >= 11 is 0. The highest BCUT2D eigenvalue weighted by molar-refractivity contribution is 5.83. The lowest BCUT2D eigenvalue weighted by Gasteiger charge is -2.26. The topological polar surface area (TPSA) is 105 Å². The van der Waals surface area contributed by atoms with Gasteiger partial charge in [-0.3, -0.25) is 15.9 Å². The molecule has 1 aromatic heterocycles. The maximum atomic E-state index is 12.4. The molecule has 1 aliphatic heterocycles. The van der Waals surface area contributed by atoms with Gasteiger partial charge in [-0.15, -0.1) is 0 Å². The van der Waals surface area contributed by atoms with Crippen LogP contribution in [0.4, 0.5) is 0 Å². The van der Waals surface area contributed by atoms with E-state index < -0.39 is 12.3 Å². The van der Waals surface area contributed by atoms with Crippen LogP contribution in [0.3, 0.4) is 0 Å². The van der Waals surface area contributed by atoms with E-state index in [2.05, 4.69) is 5.32 Å². The number of likely N-dealkylation sites (N-methyl/N-ethyl adjacent to an activating group) is 1. The molecule has 104 valence electrons. The second-order valence-corrected chi connectivity index (χ2v) is 4.36. The SMILES string of the molecule is CNC1C(=O)N(CC(N)OC=N)CCc2ccoc21. The first-order valence-electron chi connectivity index (χ1n) is 6.09. The van der Waals surface area contributed by atoms with Gasteiger partial charge in [-0.1, -0.05) is 0 Å². The quantitative estimate of drug-likeness (QED) is 0.390. The Hall–Kier alpha value is -1.86. The predicted molar refractivity (Wildman–Crippen MR) is 68.6 cm³/mol. The van der Waals surface area contributed by atoms with Crippen molar-refractivity contribution in [3.63, 3.8) is 0 Å². The van der Waals surface area contributed by atoms with Crippen molar-refractivity contribution in [3.05, 3.63) is 23.7 Å². The number of carbonyl (C=O) groups excluding carboxylic acids is 1. The Kier molecular flexibility index (Phi) is 4.18. The van der Waals surface area contributed by atoms with Crippen molar-refractivity contribution in [1.82, 2.24) is 10.2 Å². The van der Waals surface area contributed by atoms with Gasteiger partial charge in [0.05, 0.1) is 12.8 Å². The van der Waals surface area contributed by atoms with Crippen LogP contribution < -0.4 is 11.1 Å². The Bertz CT molecular complexity index is 460. The Balaban J connectivity index is 2.15. The molecule has 0 saturated carbocycles. The Morgan fingerprint density at radius 1 is 1.79 bits per heavy atom. The summed E-state index contributed by atoms with van der Waals surface area (Å²) in [7, 11) is 1.71. The third-order valence-electron chi connectivity index (χ3n) is 3.18. The van der Waals surface area contributed by atoms with Gasteiger partial charge in [-0.05, 0) is 25.1 Å². The molecule has 0 aliphatic carbocycles. The van der Waals surface area contributed by atoms with Gasteiger partial charge < -0.3 is 19.4 Å². The number of rotatable bonds is 5. The average Bonchev–Trinajstić information content (AvgIpc) is 2.79. The molecule has 19 heavy (non-hydrogen) atoms. The van der Waals surface area contributed by atoms with Gasteiger partial charge >= 0.3 is 0 Å². The number of furan rings is 1. The van der Waals surface area contributed by atoms with Crippen molar-refractivity contribution < 1.29 is 13.9 Å². The molecule has 0 spiro atoms. The molecule has 0 radical (unpaired) electrons. The van der Waals surface area contributed by atoms with Crippen LogP contribution in [0.15, 0.2) is 16.7 Å². The summed E-state index contributed by atoms with van der Waals surface area (Å²) in [6.07, 6.45) is 2.41. The lowest BCUT2D eigenvalue weighted by molar-refractivity contribution is -0.134. The molecule has 0 saturated heterocycles. The third kappa shape index (κ3) is 2.77. The van der Waals surface area contributed by atoms with Crippen molar-refractivity contribution in [2.24, 2.45) is 5.73 Å². The number of carbonyl (C=O) groups is 1. The van der Waals surface area contributed by atoms with E-state index in [9.17, 15) is 4.79 Å². The Morgan fingerprint density at radius 3 is 3.26 bits per heavy atom. The Morgan fingerprint density at radius 2 is 2.58 bits per heavy atom. The lowest BCUT2D eigenvalue weighted by Crippen LogP contribution is -2.46. The molecule has 1 aromatic rings. The van der Waals surface area contributed by atoms with Gasteiger partial charge in [0.25, 0.3) is 0 Å². The van der Waals surface area contributed by atoms with Crippen molar-refractivity contribution in [1.29, 1.82) is 5.41 Å². The number of hydrogen-bond acceptors (Lipinski definition) is 6. The monoisotopic (exact) mass is 266 g/mol. The zero-order valence-corrected chi connectivity index (χ0v) is 10.8. The molecule has 1 aliphatic rings. The molecule has 7 nitrogen and oxygen atoms in total. The number of hydrogen-bond donors (Lipinski definition) is 3. The van der Waals surface area contributed by atoms with Crippen LogP contribution in [0, 0.1) is 5.41 Å². The molecule has 2 rings (SSSR count). The fourth-order valence-corrected chi connectivity index (χ4v) is 2.25. The molecular formula is C12H18N4O3. The molecule has 7 heteroatoms. The van der Waals surface area contributed by atoms with Gasteiger partial charge in [0, 0.05) is 6.54 Å². The highest BCUT2D eigenvalue weighted by Gasteiger charge is 2.32. The van der Waals surface area contributed by atoms with Gasteiger partial charge in [0.15, 0.2) is 12.6 Å². The molecule has 2 unspecified atom stereocenters. The normalized spacial score (nSPS) is 20.6. The minimum atomic E-state index is -0.691. The highest BCUT2D eigenvalue weighted by Crippen LogP contribution is 2.25. The zero-order chi connectivity index (χ0) is 13.8. The summed E-state index contributed by atoms with van der Waals surface area (Å²) < 4.78 is 10.2. The van der Waals surface area contributed by atoms with Gasteiger partial charge in [-0.2, -0.15) is 0 Å². The number of nitrogens with one attached hydrogen (secondary N) is 2. The number of fused-ring (bicyclic) bond motifs is 1. The van der Waals surface area contributed by atoms with Crippen molar-refractivity contribution in [3.8, 4) is 0 Å². The number of ether oxygens (including phenoxy) is 1. The van der Waals surface area contributed by atoms with E-state index in [1.54, 1.807) is 18.2 Å². The fourth-order valence-electron chi connectivity index (χ4n) is 2.25. The van der Waals surface area contributed by atoms with Crippen LogP contribution in [-0.2, 0) is 16.0 Å². The van der Waals surface area contributed by atoms with E-state index in [1.165, 1.54) is 0 Å². The minimum Gasteiger partial charge on any atom is -0.467 e. The minimum absolute atomic E-state index is 0.0970. The maximum Gasteiger partial charge on any atom is 0.247 e. The van der Waals surface area contributed by atoms with Crippen LogP contribution in [0.2, 0.25) is 0 Å². The molecular weight excluding hydrogens is 248 g/mol. The molecule has 2 atom stereocenters. The van der Waals surface area contributed by atoms with E-state index in [0.29, 0.717) is 18.7 Å². The second kappa shape index (κ2) is 5.85. The summed E-state index contributed by atoms with van der Waals surface area (Å²) in [6.45, 7) is 0.801. The van der Waals surface area contributed by atoms with Crippen LogP contribution in [0.5, 0.6) is 0 Å². The lowest BCUT2D eigenvalue weighted by atomic mass is 10.1. The van der Waals surface area contributed by atoms with Gasteiger partial charge in [-0.25, -0.2) is 0 Å². The first-order chi connectivity index (χ1) is 9.17. The first kappa shape index (κ1) is 13.6. The zero-order valence-electron chi connectivity index (χ0n) is 10.8. The maximum absolute atomic E-state index is 12.4. The summed E-state index contributed by atoms with van der Waals surface area (Å²) in [5.74, 6) is 0.566. The first-order valence-corrected chi connectivity index (χ1v) is 6.09. The summed E-state index contributed by atoms with van der Waals surface area (Å²) in [6, 6.07) is 1.38. The molecule has 0 fully saturated rings. The van der Waals surface area contributed by atoms with Gasteiger partial charge in [0.2, 0.25) is 5.91 Å². The largest absolute Gasteiger partial charge is 0.467 e. The van der Waals surface area contributed by atoms with Crippen molar-refractivity contribution in [2.45, 2.75) is 18.7 Å². The van der Waals surface area contributed by atoms with Crippen molar-refractivity contribution in [2.75, 3.05) is 20.1 Å². The Labute approximate surface area is 111 Å². The van der Waals surface area contributed by atoms with Crippen LogP contribution >= 0.6 is 0 Å². The smallest absolute Gasteiger partial charge is 0.247 e. The van der Waals surface area contributed by atoms with Crippen molar-refractivity contribution >= 4 is 12.3 Å². The summed E-state index contributed by atoms with van der Waals surface area (Å²) in [5, 5.41) is 9.80. The van der Waals surface area contributed by atoms with Gasteiger partial charge in [0.1, 0.15) is 11.8 Å². The van der Waals surface area contributed by atoms with Crippen LogP contribution in [0.1, 0.15) is 17.4 Å². The molecule has 2 heterocycles. The fraction of sp³-hybridized carbons (Fsp3) is 0.500. The predicted octanol–water partition coefficient (Wildman–Crippen LogP) is -0.167. The number of nitrogens with zero attached hydrogens (tertiary/aromatic N) is 1. The van der Waals surface area contributed by atoms with E-state index >= 15 is 0 Å². The standard InChI is InChI=1S/C12H18N4O3/c1-15-10-11-8(3-5-18-11)2-4-16(12(10)17)6-9(14)19-7-13/h3,5,7,9-10,13,15H,2,4,6,14H2,1H3. The average molecular weight is 266 g/mol. The highest BCUT2D eigenvalue weighted by atomic mass is 16.5.